The van der Waals surface area contributed by atoms with Crippen molar-refractivity contribution in [1.29, 1.82) is 0 Å². The fraction of sp³-hybridized carbons (Fsp3) is 0.511. The molecule has 0 aliphatic heterocycles. The number of aliphatic hydroxyl groups is 1. The zero-order valence-corrected chi connectivity index (χ0v) is 42.4. The molecule has 2 aromatic heterocycles. The molecule has 0 radical (unpaired) electrons. The maximum Gasteiger partial charge on any atom is 0.326 e. The minimum atomic E-state index is -1.87. The SMILES string of the molecule is CC(C)[C@H](N)C(=O)N[C@@H](CCC(N)=O)C(=O)N[C@@H](CCC(N)=O)C(=O)N[C@@H](CO)C(=O)N[C@@H](CCC(N)=O)C(=O)NCC(=O)N[C@@H](Cc1c[nH]c2ccccc12)C(=O)N[C@H](C(=O)N[C@@H](Cc1cnc[nH]1)C(=O)O)C(C)C. The van der Waals surface area contributed by atoms with Gasteiger partial charge < -0.3 is 85.6 Å². The molecule has 2 heterocycles. The van der Waals surface area contributed by atoms with Crippen molar-refractivity contribution in [3.63, 3.8) is 0 Å². The highest BCUT2D eigenvalue weighted by molar-refractivity contribution is 5.98. The first-order valence-electron chi connectivity index (χ1n) is 24.2. The number of nitrogens with one attached hydrogen (secondary N) is 10. The molecule has 0 bridgehead atoms. The van der Waals surface area contributed by atoms with Crippen LogP contribution in [0.2, 0.25) is 0 Å². The molecule has 416 valence electrons. The Morgan fingerprint density at radius 3 is 1.58 bits per heavy atom. The standard InChI is InChI=1S/C47H69N15O14/c1-22(2)38(51)45(73)59-30(11-14-36(50)66)41(69)58-29(10-13-35(49)65)42(70)61-33(20-63)44(72)57-28(9-12-34(48)64)40(68)54-19-37(67)56-31(15-24-17-53-27-8-6-5-7-26(24)27)43(71)62-39(23(3)4)46(74)60-32(47(75)76)16-25-18-52-21-55-25/h5-8,17-18,21-23,28-33,38-39,53,63H,9-16,19-20,51H2,1-4H3,(H2,48,64)(H2,49,65)(H2,50,66)(H,52,55)(H,54,68)(H,56,67)(H,57,72)(H,58,69)(H,59,73)(H,60,74)(H,61,70)(H,62,71)(H,75,76)/t28-,29-,30-,31-,32-,33-,38-,39-/m0/s1. The Hall–Kier alpha value is -8.47. The van der Waals surface area contributed by atoms with Crippen LogP contribution in [-0.2, 0) is 70.4 Å². The molecule has 8 atom stereocenters. The number of H-pyrrole nitrogens is 2. The number of amides is 11. The van der Waals surface area contributed by atoms with Gasteiger partial charge in [0, 0.05) is 61.1 Å². The number of benzene rings is 1. The largest absolute Gasteiger partial charge is 0.480 e. The van der Waals surface area contributed by atoms with Crippen LogP contribution in [-0.4, -0.2) is 158 Å². The summed E-state index contributed by atoms with van der Waals surface area (Å²) < 4.78 is 0. The molecule has 20 N–H and O–H groups in total. The van der Waals surface area contributed by atoms with Crippen LogP contribution in [0.5, 0.6) is 0 Å². The van der Waals surface area contributed by atoms with Crippen LogP contribution in [0.3, 0.4) is 0 Å². The Labute approximate surface area is 435 Å². The molecule has 0 aliphatic rings. The van der Waals surface area contributed by atoms with Crippen molar-refractivity contribution >= 4 is 81.9 Å². The Morgan fingerprint density at radius 2 is 1.08 bits per heavy atom. The average molecular weight is 1070 g/mol. The third-order valence-electron chi connectivity index (χ3n) is 11.8. The third kappa shape index (κ3) is 20.1. The molecular formula is C47H69N15O14. The zero-order valence-electron chi connectivity index (χ0n) is 42.4. The van der Waals surface area contributed by atoms with E-state index in [1.807, 2.05) is 0 Å². The van der Waals surface area contributed by atoms with Crippen LogP contribution in [0.25, 0.3) is 10.9 Å². The predicted octanol–water partition coefficient (Wildman–Crippen LogP) is -5.30. The molecule has 76 heavy (non-hydrogen) atoms. The van der Waals surface area contributed by atoms with Crippen LogP contribution in [0.15, 0.2) is 43.0 Å². The highest BCUT2D eigenvalue weighted by Gasteiger charge is 2.35. The van der Waals surface area contributed by atoms with Crippen LogP contribution in [0, 0.1) is 11.8 Å². The number of fused-ring (bicyclic) bond motifs is 1. The van der Waals surface area contributed by atoms with E-state index in [2.05, 4.69) is 57.5 Å². The van der Waals surface area contributed by atoms with Gasteiger partial charge in [0.25, 0.3) is 0 Å². The second-order valence-corrected chi connectivity index (χ2v) is 18.5. The number of rotatable bonds is 33. The van der Waals surface area contributed by atoms with Gasteiger partial charge in [-0.1, -0.05) is 45.9 Å². The van der Waals surface area contributed by atoms with Gasteiger partial charge in [0.1, 0.15) is 42.3 Å². The number of hydrogen-bond acceptors (Lipinski definition) is 15. The van der Waals surface area contributed by atoms with E-state index in [1.165, 1.54) is 12.5 Å². The molecule has 0 saturated carbocycles. The number of nitrogens with two attached hydrogens (primary N) is 4. The number of aromatic nitrogens is 3. The van der Waals surface area contributed by atoms with E-state index in [0.717, 1.165) is 0 Å². The number of carbonyl (C=O) groups is 12. The van der Waals surface area contributed by atoms with Gasteiger partial charge >= 0.3 is 5.97 Å². The van der Waals surface area contributed by atoms with Gasteiger partial charge in [-0.05, 0) is 42.7 Å². The summed E-state index contributed by atoms with van der Waals surface area (Å²) in [7, 11) is 0. The number of imidazole rings is 1. The fourth-order valence-corrected chi connectivity index (χ4v) is 7.38. The second kappa shape index (κ2) is 30.0. The van der Waals surface area contributed by atoms with E-state index < -0.39 is 164 Å². The molecule has 0 fully saturated rings. The van der Waals surface area contributed by atoms with Crippen molar-refractivity contribution in [2.24, 2.45) is 34.8 Å². The zero-order chi connectivity index (χ0) is 56.8. The minimum Gasteiger partial charge on any atom is -0.480 e. The molecule has 0 aliphatic carbocycles. The van der Waals surface area contributed by atoms with Gasteiger partial charge in [0.05, 0.1) is 25.5 Å². The van der Waals surface area contributed by atoms with Gasteiger partial charge in [-0.15, -0.1) is 0 Å². The molecule has 11 amide bonds. The lowest BCUT2D eigenvalue weighted by molar-refractivity contribution is -0.142. The summed E-state index contributed by atoms with van der Waals surface area (Å²) >= 11 is 0. The summed E-state index contributed by atoms with van der Waals surface area (Å²) in [4.78, 5) is 165. The van der Waals surface area contributed by atoms with Gasteiger partial charge in [-0.3, -0.25) is 52.7 Å². The van der Waals surface area contributed by atoms with E-state index in [-0.39, 0.29) is 31.6 Å². The summed E-state index contributed by atoms with van der Waals surface area (Å²) in [5, 5.41) is 39.9. The Bertz CT molecular complexity index is 2550. The van der Waals surface area contributed by atoms with E-state index in [4.69, 9.17) is 22.9 Å². The van der Waals surface area contributed by atoms with Crippen LogP contribution in [0.4, 0.5) is 0 Å². The lowest BCUT2D eigenvalue weighted by atomic mass is 10.00. The molecule has 0 spiro atoms. The second-order valence-electron chi connectivity index (χ2n) is 18.5. The van der Waals surface area contributed by atoms with E-state index in [1.54, 1.807) is 58.2 Å². The first kappa shape index (κ1) is 61.8. The molecule has 29 heteroatoms. The van der Waals surface area contributed by atoms with E-state index in [0.29, 0.717) is 22.2 Å². The minimum absolute atomic E-state index is 0.153. The Kier molecular flexibility index (Phi) is 24.4. The normalized spacial score (nSPS) is 14.3. The topological polar surface area (TPSA) is 490 Å². The van der Waals surface area contributed by atoms with Gasteiger partial charge in [0.2, 0.25) is 65.0 Å². The quantitative estimate of drug-likeness (QED) is 0.0271. The molecule has 1 aromatic carbocycles. The monoisotopic (exact) mass is 1070 g/mol. The lowest BCUT2D eigenvalue weighted by Crippen LogP contribution is -2.60. The first-order chi connectivity index (χ1) is 35.8. The molecule has 0 unspecified atom stereocenters. The number of carboxylic acid groups (broad SMARTS) is 1. The Morgan fingerprint density at radius 1 is 0.579 bits per heavy atom. The predicted molar refractivity (Wildman–Crippen MR) is 268 cm³/mol. The van der Waals surface area contributed by atoms with E-state index in [9.17, 15) is 67.7 Å². The summed E-state index contributed by atoms with van der Waals surface area (Å²) in [6.45, 7) is 4.54. The van der Waals surface area contributed by atoms with Crippen LogP contribution < -0.4 is 65.5 Å². The molecule has 0 saturated heterocycles. The summed E-state index contributed by atoms with van der Waals surface area (Å²) in [6, 6.07) is -4.79. The maximum absolute atomic E-state index is 14.1. The number of nitrogens with zero attached hydrogens (tertiary/aromatic N) is 1. The third-order valence-corrected chi connectivity index (χ3v) is 11.8. The van der Waals surface area contributed by atoms with Crippen molar-refractivity contribution < 1.29 is 67.7 Å². The van der Waals surface area contributed by atoms with E-state index >= 15 is 0 Å². The fourth-order valence-electron chi connectivity index (χ4n) is 7.38. The van der Waals surface area contributed by atoms with Crippen molar-refractivity contribution in [3.05, 3.63) is 54.2 Å². The lowest BCUT2D eigenvalue weighted by Gasteiger charge is -2.27. The molecule has 3 rings (SSSR count). The molecule has 3 aromatic rings. The smallest absolute Gasteiger partial charge is 0.326 e. The van der Waals surface area contributed by atoms with Crippen LogP contribution in [0.1, 0.15) is 77.5 Å². The maximum atomic E-state index is 14.1. The average Bonchev–Trinajstić information content (AvgIpc) is 4.04. The van der Waals surface area contributed by atoms with Gasteiger partial charge in [-0.2, -0.15) is 0 Å². The molecule has 29 nitrogen and oxygen atoms in total. The van der Waals surface area contributed by atoms with Crippen molar-refractivity contribution in [2.45, 2.75) is 127 Å². The number of aliphatic carboxylic acids is 1. The van der Waals surface area contributed by atoms with Gasteiger partial charge in [0.15, 0.2) is 0 Å². The van der Waals surface area contributed by atoms with Crippen molar-refractivity contribution in [2.75, 3.05) is 13.2 Å². The van der Waals surface area contributed by atoms with Crippen molar-refractivity contribution in [3.8, 4) is 0 Å². The molecular weight excluding hydrogens is 999 g/mol. The highest BCUT2D eigenvalue weighted by atomic mass is 16.4. The summed E-state index contributed by atoms with van der Waals surface area (Å²) in [5.74, 6) is -12.8. The van der Waals surface area contributed by atoms with Crippen molar-refractivity contribution in [1.82, 2.24) is 57.5 Å². The van der Waals surface area contributed by atoms with Gasteiger partial charge in [-0.25, -0.2) is 9.78 Å². The number of aliphatic hydroxyl groups excluding tert-OH is 1. The van der Waals surface area contributed by atoms with Crippen LogP contribution >= 0.6 is 0 Å². The number of hydrogen-bond donors (Lipinski definition) is 16. The first-order valence-corrected chi connectivity index (χ1v) is 24.2. The Balaban J connectivity index is 1.80. The number of carbonyl (C=O) groups excluding carboxylic acids is 11. The number of carboxylic acids is 1. The highest BCUT2D eigenvalue weighted by Crippen LogP contribution is 2.20. The number of aromatic amines is 2. The summed E-state index contributed by atoms with van der Waals surface area (Å²) in [5.41, 5.74) is 23.5. The number of para-hydroxylation sites is 1. The number of primary amides is 3. The summed E-state index contributed by atoms with van der Waals surface area (Å²) in [6.07, 6.45) is 1.42.